The largest absolute Gasteiger partial charge is 0.295 e. The van der Waals surface area contributed by atoms with Crippen LogP contribution in [0.25, 0.3) is 0 Å². The van der Waals surface area contributed by atoms with Crippen molar-refractivity contribution in [3.63, 3.8) is 0 Å². The Kier molecular flexibility index (Phi) is 9.78. The van der Waals surface area contributed by atoms with Gasteiger partial charge in [0.2, 0.25) is 0 Å². The topological polar surface area (TPSA) is 109 Å². The smallest absolute Gasteiger partial charge is 0.282 e. The van der Waals surface area contributed by atoms with Crippen LogP contribution in [0, 0.1) is 0 Å². The van der Waals surface area contributed by atoms with Crippen LogP contribution >= 0.6 is 0 Å². The highest BCUT2D eigenvalue weighted by Crippen LogP contribution is 2.23. The van der Waals surface area contributed by atoms with E-state index in [-0.39, 0.29) is 0 Å². The average molecular weight is 407 g/mol. The Labute approximate surface area is 157 Å². The Hall–Kier alpha value is -0.960. The minimum atomic E-state index is -4.73. The summed E-state index contributed by atoms with van der Waals surface area (Å²) < 4.78 is 63.5. The fourth-order valence-electron chi connectivity index (χ4n) is 2.94. The van der Waals surface area contributed by atoms with Gasteiger partial charge < -0.3 is 0 Å². The number of hydrogen-bond acceptors (Lipinski definition) is 4. The lowest BCUT2D eigenvalue weighted by molar-refractivity contribution is 0.466. The molecule has 0 aliphatic carbocycles. The van der Waals surface area contributed by atoms with Gasteiger partial charge >= 0.3 is 0 Å². The predicted octanol–water partition coefficient (Wildman–Crippen LogP) is 4.64. The Morgan fingerprint density at radius 1 is 0.692 bits per heavy atom. The van der Waals surface area contributed by atoms with E-state index in [9.17, 15) is 21.4 Å². The maximum atomic E-state index is 11.4. The summed E-state index contributed by atoms with van der Waals surface area (Å²) in [5, 5.41) is 0. The van der Waals surface area contributed by atoms with E-state index < -0.39 is 30.0 Å². The van der Waals surface area contributed by atoms with E-state index in [2.05, 4.69) is 6.92 Å². The van der Waals surface area contributed by atoms with E-state index in [1.165, 1.54) is 51.0 Å². The summed E-state index contributed by atoms with van der Waals surface area (Å²) in [7, 11) is -9.45. The van der Waals surface area contributed by atoms with E-state index in [0.29, 0.717) is 12.0 Å². The predicted molar refractivity (Wildman–Crippen MR) is 102 cm³/mol. The normalized spacial score (nSPS) is 12.4. The molecule has 8 heteroatoms. The van der Waals surface area contributed by atoms with Crippen molar-refractivity contribution in [1.29, 1.82) is 0 Å². The van der Waals surface area contributed by atoms with Crippen molar-refractivity contribution in [2.75, 3.05) is 0 Å². The zero-order chi connectivity index (χ0) is 19.6. The van der Waals surface area contributed by atoms with Gasteiger partial charge in [0, 0.05) is 0 Å². The standard InChI is InChI=1S/C18H30O6S2/c1-2-3-4-5-6-7-8-9-10-11-12-16-13-14-17(25(19,20)21)18(15-16)26(22,23)24/h13-15H,2-12H2,1H3,(H,19,20,21)(H,22,23,24). The van der Waals surface area contributed by atoms with Gasteiger partial charge in [-0.3, -0.25) is 9.11 Å². The summed E-state index contributed by atoms with van der Waals surface area (Å²) in [6.07, 6.45) is 12.4. The molecule has 0 saturated heterocycles. The van der Waals surface area contributed by atoms with Crippen molar-refractivity contribution in [3.05, 3.63) is 23.8 Å². The van der Waals surface area contributed by atoms with E-state index in [1.807, 2.05) is 0 Å². The fourth-order valence-corrected chi connectivity index (χ4v) is 4.75. The molecule has 0 bridgehead atoms. The third kappa shape index (κ3) is 8.62. The van der Waals surface area contributed by atoms with E-state index in [1.54, 1.807) is 0 Å². The number of aryl methyl sites for hydroxylation is 1. The van der Waals surface area contributed by atoms with Crippen molar-refractivity contribution in [1.82, 2.24) is 0 Å². The SMILES string of the molecule is CCCCCCCCCCCCc1ccc(S(=O)(=O)O)c(S(=O)(=O)O)c1. The number of hydrogen-bond donors (Lipinski definition) is 2. The Balaban J connectivity index is 2.45. The van der Waals surface area contributed by atoms with Gasteiger partial charge in [-0.1, -0.05) is 70.8 Å². The summed E-state index contributed by atoms with van der Waals surface area (Å²) in [5.41, 5.74) is 0.615. The van der Waals surface area contributed by atoms with Crippen molar-refractivity contribution >= 4 is 20.2 Å². The third-order valence-corrected chi connectivity index (χ3v) is 6.32. The molecule has 0 fully saturated rings. The van der Waals surface area contributed by atoms with Crippen molar-refractivity contribution in [2.45, 2.75) is 87.3 Å². The first-order valence-electron chi connectivity index (χ1n) is 9.24. The molecule has 1 rings (SSSR count). The molecule has 1 aromatic carbocycles. The number of rotatable bonds is 13. The minimum Gasteiger partial charge on any atom is -0.282 e. The summed E-state index contributed by atoms with van der Waals surface area (Å²) >= 11 is 0. The van der Waals surface area contributed by atoms with E-state index >= 15 is 0 Å². The second-order valence-electron chi connectivity index (χ2n) is 6.66. The number of unbranched alkanes of at least 4 members (excludes halogenated alkanes) is 9. The van der Waals surface area contributed by atoms with Gasteiger partial charge in [0.15, 0.2) is 0 Å². The quantitative estimate of drug-likeness (QED) is 0.365. The summed E-state index contributed by atoms with van der Waals surface area (Å²) in [5.74, 6) is 0. The molecule has 0 spiro atoms. The molecule has 2 N–H and O–H groups in total. The molecule has 26 heavy (non-hydrogen) atoms. The van der Waals surface area contributed by atoms with Gasteiger partial charge in [0.1, 0.15) is 9.79 Å². The molecule has 0 atom stereocenters. The van der Waals surface area contributed by atoms with Crippen molar-refractivity contribution in [3.8, 4) is 0 Å². The molecule has 0 aliphatic rings. The lowest BCUT2D eigenvalue weighted by Crippen LogP contribution is -2.09. The zero-order valence-electron chi connectivity index (χ0n) is 15.4. The van der Waals surface area contributed by atoms with Crippen LogP contribution in [0.5, 0.6) is 0 Å². The Bertz CT molecular complexity index is 754. The van der Waals surface area contributed by atoms with E-state index in [4.69, 9.17) is 4.55 Å². The molecule has 0 amide bonds. The van der Waals surface area contributed by atoms with Crippen molar-refractivity contribution in [2.24, 2.45) is 0 Å². The lowest BCUT2D eigenvalue weighted by Gasteiger charge is -2.08. The molecule has 1 aromatic rings. The second-order valence-corrected chi connectivity index (χ2v) is 9.44. The second kappa shape index (κ2) is 11.0. The highest BCUT2D eigenvalue weighted by Gasteiger charge is 2.23. The first kappa shape index (κ1) is 23.1. The van der Waals surface area contributed by atoms with Crippen LogP contribution in [0.3, 0.4) is 0 Å². The van der Waals surface area contributed by atoms with Gasteiger partial charge in [-0.25, -0.2) is 0 Å². The molecular formula is C18H30O6S2. The summed E-state index contributed by atoms with van der Waals surface area (Å²) in [6.45, 7) is 2.20. The molecular weight excluding hydrogens is 376 g/mol. The maximum absolute atomic E-state index is 11.4. The van der Waals surface area contributed by atoms with Crippen LogP contribution < -0.4 is 0 Å². The van der Waals surface area contributed by atoms with Crippen LogP contribution in [-0.4, -0.2) is 25.9 Å². The highest BCUT2D eigenvalue weighted by atomic mass is 32.2. The first-order valence-corrected chi connectivity index (χ1v) is 12.1. The molecule has 0 radical (unpaired) electrons. The van der Waals surface area contributed by atoms with E-state index in [0.717, 1.165) is 31.4 Å². The van der Waals surface area contributed by atoms with Crippen LogP contribution in [0.1, 0.15) is 76.7 Å². The molecule has 6 nitrogen and oxygen atoms in total. The summed E-state index contributed by atoms with van der Waals surface area (Å²) in [4.78, 5) is -1.57. The number of benzene rings is 1. The fraction of sp³-hybridized carbons (Fsp3) is 0.667. The highest BCUT2D eigenvalue weighted by molar-refractivity contribution is 7.89. The Morgan fingerprint density at radius 3 is 1.62 bits per heavy atom. The van der Waals surface area contributed by atoms with Gasteiger partial charge in [-0.2, -0.15) is 16.8 Å². The molecule has 150 valence electrons. The van der Waals surface area contributed by atoms with Crippen LogP contribution in [-0.2, 0) is 26.7 Å². The summed E-state index contributed by atoms with van der Waals surface area (Å²) in [6, 6.07) is 3.60. The molecule has 0 aliphatic heterocycles. The first-order chi connectivity index (χ1) is 12.2. The maximum Gasteiger partial charge on any atom is 0.295 e. The van der Waals surface area contributed by atoms with Gasteiger partial charge in [-0.15, -0.1) is 0 Å². The third-order valence-electron chi connectivity index (χ3n) is 4.38. The van der Waals surface area contributed by atoms with Gasteiger partial charge in [0.25, 0.3) is 20.2 Å². The van der Waals surface area contributed by atoms with Crippen LogP contribution in [0.4, 0.5) is 0 Å². The Morgan fingerprint density at radius 2 is 1.15 bits per heavy atom. The molecule has 0 unspecified atom stereocenters. The minimum absolute atomic E-state index is 0.588. The average Bonchev–Trinajstić information content (AvgIpc) is 2.54. The van der Waals surface area contributed by atoms with Crippen LogP contribution in [0.2, 0.25) is 0 Å². The van der Waals surface area contributed by atoms with Crippen molar-refractivity contribution < 1.29 is 25.9 Å². The van der Waals surface area contributed by atoms with Crippen LogP contribution in [0.15, 0.2) is 28.0 Å². The lowest BCUT2D eigenvalue weighted by atomic mass is 10.0. The van der Waals surface area contributed by atoms with Gasteiger partial charge in [0.05, 0.1) is 0 Å². The monoisotopic (exact) mass is 406 g/mol. The van der Waals surface area contributed by atoms with Gasteiger partial charge in [-0.05, 0) is 30.5 Å². The zero-order valence-corrected chi connectivity index (χ0v) is 17.0. The molecule has 0 heterocycles. The molecule has 0 aromatic heterocycles. The molecule has 0 saturated carbocycles.